The van der Waals surface area contributed by atoms with E-state index < -0.39 is 83.1 Å². The Morgan fingerprint density at radius 2 is 0.911 bits per heavy atom. The van der Waals surface area contributed by atoms with E-state index >= 15 is 0 Å². The first-order chi connectivity index (χ1) is 26.1. The number of pyridine rings is 2. The van der Waals surface area contributed by atoms with Crippen molar-refractivity contribution in [3.8, 4) is 0 Å². The number of carbonyl (C=O) groups is 2. The summed E-state index contributed by atoms with van der Waals surface area (Å²) >= 11 is 0. The summed E-state index contributed by atoms with van der Waals surface area (Å²) in [6.45, 7) is 0. The molecule has 2 aliphatic carbocycles. The molecule has 0 amide bonds. The van der Waals surface area contributed by atoms with Crippen LogP contribution in [0.2, 0.25) is 0 Å². The lowest BCUT2D eigenvalue weighted by atomic mass is 10.00. The molecule has 6 N–H and O–H groups in total. The van der Waals surface area contributed by atoms with E-state index in [1.165, 1.54) is 48.8 Å². The molecule has 0 saturated carbocycles. The molecule has 288 valence electrons. The highest BCUT2D eigenvalue weighted by Crippen LogP contribution is 2.31. The van der Waals surface area contributed by atoms with Gasteiger partial charge in [-0.15, -0.1) is 0 Å². The Kier molecular flexibility index (Phi) is 10.3. The number of fused-ring (bicyclic) bond motifs is 2. The summed E-state index contributed by atoms with van der Waals surface area (Å²) in [5, 5.41) is 7.64. The molecule has 0 spiro atoms. The van der Waals surface area contributed by atoms with Gasteiger partial charge in [0.05, 0.1) is 11.4 Å². The van der Waals surface area contributed by atoms with E-state index in [9.17, 15) is 61.5 Å². The van der Waals surface area contributed by atoms with Crippen molar-refractivity contribution in [3.63, 3.8) is 0 Å². The van der Waals surface area contributed by atoms with Crippen LogP contribution in [0.15, 0.2) is 105 Å². The fourth-order valence-corrected chi connectivity index (χ4v) is 8.13. The molecule has 2 aliphatic rings. The normalized spacial score (nSPS) is 16.4. The van der Waals surface area contributed by atoms with Gasteiger partial charge in [0.15, 0.2) is 0 Å². The number of ketones is 2. The molecule has 6 rings (SSSR count). The average molecular weight is 843 g/mol. The Morgan fingerprint density at radius 1 is 0.536 bits per heavy atom. The number of nitrogens with one attached hydrogen (secondary N) is 2. The number of allylic oxidation sites excluding steroid dienone is 2. The number of Topliss-reactive ketones (excluding diaryl/α,β-unsaturated/α-hetero) is 2. The molecule has 0 fully saturated rings. The van der Waals surface area contributed by atoms with Crippen molar-refractivity contribution >= 4 is 96.8 Å². The highest BCUT2D eigenvalue weighted by atomic mass is 32.2. The lowest BCUT2D eigenvalue weighted by Crippen LogP contribution is -2.24. The third kappa shape index (κ3) is 8.26. The van der Waals surface area contributed by atoms with Crippen molar-refractivity contribution < 1.29 is 61.5 Å². The van der Waals surface area contributed by atoms with Crippen LogP contribution >= 0.6 is 0 Å². The van der Waals surface area contributed by atoms with E-state index in [1.54, 1.807) is 0 Å². The van der Waals surface area contributed by atoms with Gasteiger partial charge in [0.25, 0.3) is 40.5 Å². The molecule has 0 aliphatic heterocycles. The minimum absolute atomic E-state index is 0.145. The standard InChI is InChI=1S/C32H22N6O14S4/c39-31-23(15-27(55(47,48)49)21-3-1-11-33-29(21)31)37-35-19-9-7-17(25(13-19)53(41,42)43)5-6-18-8-10-20(14-26(18)54(44,45)46)36-38-24-16-28(56(50,51)52)22-4-2-12-34-30(22)32(24)40/h1-16,35-36H,(H,41,42,43)(H,44,45,46)(H,47,48,49)(H,50,51,52)/b6-5+,37-23?,38-24?. The van der Waals surface area contributed by atoms with Crippen LogP contribution in [0.5, 0.6) is 0 Å². The third-order valence-corrected chi connectivity index (χ3v) is 11.4. The minimum atomic E-state index is -5.01. The van der Waals surface area contributed by atoms with E-state index in [-0.39, 0.29) is 45.0 Å². The molecule has 2 aromatic heterocycles. The second-order valence-corrected chi connectivity index (χ2v) is 17.0. The number of carbonyl (C=O) groups excluding carboxylic acids is 2. The van der Waals surface area contributed by atoms with Gasteiger partial charge in [-0.05, 0) is 71.8 Å². The molecule has 2 heterocycles. The maximum atomic E-state index is 12.9. The first kappa shape index (κ1) is 39.6. The second kappa shape index (κ2) is 14.5. The summed E-state index contributed by atoms with van der Waals surface area (Å²) in [4.78, 5) is 30.7. The van der Waals surface area contributed by atoms with E-state index in [0.717, 1.165) is 48.6 Å². The first-order valence-corrected chi connectivity index (χ1v) is 20.9. The molecule has 0 unspecified atom stereocenters. The molecule has 2 aromatic carbocycles. The molecule has 24 heteroatoms. The van der Waals surface area contributed by atoms with Gasteiger partial charge in [-0.3, -0.25) is 48.6 Å². The monoisotopic (exact) mass is 842 g/mol. The Morgan fingerprint density at radius 3 is 1.25 bits per heavy atom. The number of rotatable bonds is 10. The molecule has 0 saturated heterocycles. The number of nitrogens with zero attached hydrogens (tertiary/aromatic N) is 4. The molecule has 20 nitrogen and oxygen atoms in total. The van der Waals surface area contributed by atoms with Crippen molar-refractivity contribution in [1.29, 1.82) is 0 Å². The molecule has 0 bridgehead atoms. The third-order valence-electron chi connectivity index (χ3n) is 7.77. The summed E-state index contributed by atoms with van der Waals surface area (Å²) in [5.41, 5.74) is 1.94. The van der Waals surface area contributed by atoms with Gasteiger partial charge in [0.1, 0.15) is 42.4 Å². The van der Waals surface area contributed by atoms with Crippen LogP contribution in [-0.2, 0) is 40.5 Å². The van der Waals surface area contributed by atoms with Gasteiger partial charge in [0, 0.05) is 23.5 Å². The highest BCUT2D eigenvalue weighted by molar-refractivity contribution is 7.95. The van der Waals surface area contributed by atoms with Crippen molar-refractivity contribution in [2.45, 2.75) is 9.79 Å². The van der Waals surface area contributed by atoms with Crippen LogP contribution in [0, 0.1) is 0 Å². The van der Waals surface area contributed by atoms with Gasteiger partial charge in [-0.25, -0.2) is 0 Å². The number of hydrogen-bond acceptors (Lipinski definition) is 16. The van der Waals surface area contributed by atoms with Crippen LogP contribution in [0.25, 0.3) is 22.0 Å². The molecular weight excluding hydrogens is 821 g/mol. The minimum Gasteiger partial charge on any atom is -0.285 e. The summed E-state index contributed by atoms with van der Waals surface area (Å²) in [6, 6.07) is 11.7. The van der Waals surface area contributed by atoms with Gasteiger partial charge >= 0.3 is 0 Å². The molecule has 56 heavy (non-hydrogen) atoms. The fraction of sp³-hybridized carbons (Fsp3) is 0. The Bertz CT molecular complexity index is 2810. The SMILES string of the molecule is O=C1C(=NNc2ccc(/C=C/c3ccc(NN=C4C=C(S(=O)(=O)O)c5cccnc5C4=O)cc3S(=O)(=O)O)c(S(=O)(=O)O)c2)C=C(S(=O)(=O)O)c2cccnc21. The topological polar surface area (TPSA) is 326 Å². The smallest absolute Gasteiger partial charge is 0.285 e. The van der Waals surface area contributed by atoms with Gasteiger partial charge in [0.2, 0.25) is 11.6 Å². The molecule has 0 atom stereocenters. The maximum Gasteiger partial charge on any atom is 0.295 e. The highest BCUT2D eigenvalue weighted by Gasteiger charge is 2.33. The van der Waals surface area contributed by atoms with Crippen LogP contribution < -0.4 is 10.9 Å². The Hall–Kier alpha value is -6.12. The van der Waals surface area contributed by atoms with Crippen LogP contribution in [0.3, 0.4) is 0 Å². The number of benzene rings is 2. The van der Waals surface area contributed by atoms with E-state index in [4.69, 9.17) is 0 Å². The number of aromatic nitrogens is 2. The van der Waals surface area contributed by atoms with Crippen molar-refractivity contribution in [2.75, 3.05) is 10.9 Å². The Balaban J connectivity index is 1.30. The van der Waals surface area contributed by atoms with E-state index in [1.807, 2.05) is 0 Å². The molecule has 0 radical (unpaired) electrons. The lowest BCUT2D eigenvalue weighted by Gasteiger charge is -2.15. The van der Waals surface area contributed by atoms with E-state index in [0.29, 0.717) is 0 Å². The van der Waals surface area contributed by atoms with Crippen molar-refractivity contribution in [2.24, 2.45) is 10.2 Å². The average Bonchev–Trinajstić information content (AvgIpc) is 3.12. The van der Waals surface area contributed by atoms with Crippen LogP contribution in [-0.4, -0.2) is 84.8 Å². The summed E-state index contributed by atoms with van der Waals surface area (Å²) in [6.07, 6.45) is 6.11. The largest absolute Gasteiger partial charge is 0.295 e. The second-order valence-electron chi connectivity index (χ2n) is 11.4. The fourth-order valence-electron chi connectivity index (χ4n) is 5.30. The van der Waals surface area contributed by atoms with Crippen LogP contribution in [0.1, 0.15) is 43.2 Å². The van der Waals surface area contributed by atoms with Crippen molar-refractivity contribution in [3.05, 3.63) is 119 Å². The summed E-state index contributed by atoms with van der Waals surface area (Å²) < 4.78 is 137. The summed E-state index contributed by atoms with van der Waals surface area (Å²) in [5.74, 6) is -1.68. The van der Waals surface area contributed by atoms with Gasteiger partial charge < -0.3 is 0 Å². The maximum absolute atomic E-state index is 12.9. The quantitative estimate of drug-likeness (QED) is 0.0759. The number of anilines is 2. The Labute approximate surface area is 316 Å². The van der Waals surface area contributed by atoms with Gasteiger partial charge in [-0.1, -0.05) is 24.3 Å². The summed E-state index contributed by atoms with van der Waals surface area (Å²) in [7, 11) is -19.7. The van der Waals surface area contributed by atoms with Crippen LogP contribution in [0.4, 0.5) is 11.4 Å². The number of hydrogen-bond donors (Lipinski definition) is 6. The molecule has 4 aromatic rings. The van der Waals surface area contributed by atoms with Crippen molar-refractivity contribution in [1.82, 2.24) is 9.97 Å². The zero-order valence-electron chi connectivity index (χ0n) is 27.5. The predicted molar refractivity (Wildman–Crippen MR) is 200 cm³/mol. The number of hydrazone groups is 2. The predicted octanol–water partition coefficient (Wildman–Crippen LogP) is 2.93. The molecular formula is C32H22N6O14S4. The zero-order chi connectivity index (χ0) is 40.8. The van der Waals surface area contributed by atoms with E-state index in [2.05, 4.69) is 31.0 Å². The van der Waals surface area contributed by atoms with Gasteiger partial charge in [-0.2, -0.15) is 43.9 Å². The zero-order valence-corrected chi connectivity index (χ0v) is 30.8. The first-order valence-electron chi connectivity index (χ1n) is 15.1. The lowest BCUT2D eigenvalue weighted by molar-refractivity contribution is 0.105.